The summed E-state index contributed by atoms with van der Waals surface area (Å²) in [6, 6.07) is 7.13. The zero-order valence-corrected chi connectivity index (χ0v) is 13.0. The van der Waals surface area contributed by atoms with Crippen molar-refractivity contribution in [3.05, 3.63) is 29.8 Å². The first-order valence-corrected chi connectivity index (χ1v) is 7.83. The maximum absolute atomic E-state index is 12.5. The summed E-state index contributed by atoms with van der Waals surface area (Å²) >= 11 is 0. The number of aromatic hydroxyl groups is 1. The summed E-state index contributed by atoms with van der Waals surface area (Å²) in [6.07, 6.45) is 3.99. The minimum Gasteiger partial charge on any atom is -0.508 e. The van der Waals surface area contributed by atoms with Gasteiger partial charge in [-0.3, -0.25) is 10.1 Å². The van der Waals surface area contributed by atoms with Crippen LogP contribution in [0.5, 0.6) is 5.75 Å². The third-order valence-corrected chi connectivity index (χ3v) is 4.13. The van der Waals surface area contributed by atoms with Crippen LogP contribution in [0.2, 0.25) is 0 Å². The Morgan fingerprint density at radius 3 is 2.43 bits per heavy atom. The van der Waals surface area contributed by atoms with Gasteiger partial charge in [0.05, 0.1) is 5.54 Å². The van der Waals surface area contributed by atoms with Crippen LogP contribution in [0.1, 0.15) is 45.1 Å². The molecule has 0 atom stereocenters. The van der Waals surface area contributed by atoms with Gasteiger partial charge in [-0.1, -0.05) is 38.8 Å². The maximum atomic E-state index is 12.5. The predicted octanol–water partition coefficient (Wildman–Crippen LogP) is 2.57. The van der Waals surface area contributed by atoms with Gasteiger partial charge in [0.1, 0.15) is 5.75 Å². The van der Waals surface area contributed by atoms with E-state index in [1.165, 1.54) is 0 Å². The van der Waals surface area contributed by atoms with Gasteiger partial charge in [0.25, 0.3) is 0 Å². The zero-order chi connectivity index (χ0) is 15.3. The van der Waals surface area contributed by atoms with E-state index < -0.39 is 5.54 Å². The lowest BCUT2D eigenvalue weighted by Gasteiger charge is -2.29. The molecule has 0 heterocycles. The van der Waals surface area contributed by atoms with Gasteiger partial charge >= 0.3 is 0 Å². The molecule has 0 saturated heterocycles. The highest BCUT2D eigenvalue weighted by molar-refractivity contribution is 5.86. The summed E-state index contributed by atoms with van der Waals surface area (Å²) < 4.78 is 0. The van der Waals surface area contributed by atoms with Crippen molar-refractivity contribution in [1.29, 1.82) is 0 Å². The molecule has 0 bridgehead atoms. The SMILES string of the molecule is CC(C)CNC(=O)C1(NCc2ccc(O)cc2)CCCC1. The molecule has 0 aliphatic heterocycles. The summed E-state index contributed by atoms with van der Waals surface area (Å²) in [5.41, 5.74) is 0.656. The quantitative estimate of drug-likeness (QED) is 0.754. The Morgan fingerprint density at radius 1 is 1.24 bits per heavy atom. The van der Waals surface area contributed by atoms with Gasteiger partial charge in [-0.15, -0.1) is 0 Å². The second kappa shape index (κ2) is 6.94. The highest BCUT2D eigenvalue weighted by Gasteiger charge is 2.40. The third kappa shape index (κ3) is 4.21. The van der Waals surface area contributed by atoms with E-state index in [1.54, 1.807) is 12.1 Å². The first kappa shape index (κ1) is 15.8. The molecule has 1 fully saturated rings. The van der Waals surface area contributed by atoms with E-state index in [0.29, 0.717) is 12.5 Å². The van der Waals surface area contributed by atoms with Crippen LogP contribution in [0.4, 0.5) is 0 Å². The molecule has 0 spiro atoms. The van der Waals surface area contributed by atoms with Crippen LogP contribution in [0.3, 0.4) is 0 Å². The van der Waals surface area contributed by atoms with Crippen molar-refractivity contribution in [2.45, 2.75) is 51.6 Å². The molecule has 116 valence electrons. The molecular weight excluding hydrogens is 264 g/mol. The van der Waals surface area contributed by atoms with Gasteiger partial charge in [-0.25, -0.2) is 0 Å². The smallest absolute Gasteiger partial charge is 0.240 e. The molecule has 21 heavy (non-hydrogen) atoms. The summed E-state index contributed by atoms with van der Waals surface area (Å²) in [5, 5.41) is 15.8. The van der Waals surface area contributed by atoms with Crippen molar-refractivity contribution in [3.8, 4) is 5.75 Å². The summed E-state index contributed by atoms with van der Waals surface area (Å²) in [7, 11) is 0. The molecule has 0 radical (unpaired) electrons. The van der Waals surface area contributed by atoms with E-state index in [1.807, 2.05) is 12.1 Å². The van der Waals surface area contributed by atoms with E-state index in [9.17, 15) is 9.90 Å². The molecule has 1 amide bonds. The Labute approximate surface area is 126 Å². The Kier molecular flexibility index (Phi) is 5.23. The largest absolute Gasteiger partial charge is 0.508 e. The van der Waals surface area contributed by atoms with E-state index >= 15 is 0 Å². The van der Waals surface area contributed by atoms with Crippen molar-refractivity contribution in [1.82, 2.24) is 10.6 Å². The second-order valence-corrected chi connectivity index (χ2v) is 6.41. The van der Waals surface area contributed by atoms with Gasteiger partial charge in [0.15, 0.2) is 0 Å². The first-order chi connectivity index (χ1) is 10.0. The van der Waals surface area contributed by atoms with Crippen LogP contribution in [-0.2, 0) is 11.3 Å². The Bertz CT molecular complexity index is 462. The maximum Gasteiger partial charge on any atom is 0.240 e. The monoisotopic (exact) mass is 290 g/mol. The van der Waals surface area contributed by atoms with Gasteiger partial charge in [-0.2, -0.15) is 0 Å². The second-order valence-electron chi connectivity index (χ2n) is 6.41. The molecule has 0 unspecified atom stereocenters. The van der Waals surface area contributed by atoms with Gasteiger partial charge in [0.2, 0.25) is 5.91 Å². The molecule has 1 aromatic rings. The number of amides is 1. The molecule has 1 saturated carbocycles. The molecule has 2 rings (SSSR count). The number of benzene rings is 1. The molecule has 3 N–H and O–H groups in total. The number of phenolic OH excluding ortho intramolecular Hbond substituents is 1. The fourth-order valence-electron chi connectivity index (χ4n) is 2.81. The third-order valence-electron chi connectivity index (χ3n) is 4.13. The van der Waals surface area contributed by atoms with E-state index in [0.717, 1.165) is 37.8 Å². The summed E-state index contributed by atoms with van der Waals surface area (Å²) in [5.74, 6) is 0.862. The van der Waals surface area contributed by atoms with Crippen LogP contribution in [0.15, 0.2) is 24.3 Å². The average molecular weight is 290 g/mol. The number of carbonyl (C=O) groups is 1. The normalized spacial score (nSPS) is 17.1. The van der Waals surface area contributed by atoms with Crippen molar-refractivity contribution < 1.29 is 9.90 Å². The molecule has 1 aromatic carbocycles. The van der Waals surface area contributed by atoms with Gasteiger partial charge < -0.3 is 10.4 Å². The summed E-state index contributed by atoms with van der Waals surface area (Å²) in [6.45, 7) is 5.58. The highest BCUT2D eigenvalue weighted by Crippen LogP contribution is 2.30. The van der Waals surface area contributed by atoms with E-state index in [-0.39, 0.29) is 11.7 Å². The lowest BCUT2D eigenvalue weighted by Crippen LogP contribution is -2.55. The van der Waals surface area contributed by atoms with Crippen molar-refractivity contribution >= 4 is 5.91 Å². The zero-order valence-electron chi connectivity index (χ0n) is 13.0. The fraction of sp³-hybridized carbons (Fsp3) is 0.588. The van der Waals surface area contributed by atoms with Crippen molar-refractivity contribution in [2.75, 3.05) is 6.54 Å². The lowest BCUT2D eigenvalue weighted by atomic mass is 9.95. The summed E-state index contributed by atoms with van der Waals surface area (Å²) in [4.78, 5) is 12.5. The highest BCUT2D eigenvalue weighted by atomic mass is 16.3. The minimum atomic E-state index is -0.424. The lowest BCUT2D eigenvalue weighted by molar-refractivity contribution is -0.127. The van der Waals surface area contributed by atoms with Gasteiger partial charge in [0, 0.05) is 13.1 Å². The first-order valence-electron chi connectivity index (χ1n) is 7.83. The van der Waals surface area contributed by atoms with E-state index in [2.05, 4.69) is 24.5 Å². The Hall–Kier alpha value is -1.55. The van der Waals surface area contributed by atoms with Crippen LogP contribution < -0.4 is 10.6 Å². The average Bonchev–Trinajstić information content (AvgIpc) is 2.94. The Morgan fingerprint density at radius 2 is 1.86 bits per heavy atom. The minimum absolute atomic E-state index is 0.132. The molecule has 1 aliphatic carbocycles. The number of phenols is 1. The predicted molar refractivity (Wildman–Crippen MR) is 84.0 cm³/mol. The number of carbonyl (C=O) groups excluding carboxylic acids is 1. The Balaban J connectivity index is 1.97. The van der Waals surface area contributed by atoms with Crippen molar-refractivity contribution in [3.63, 3.8) is 0 Å². The number of rotatable bonds is 6. The topological polar surface area (TPSA) is 61.4 Å². The van der Waals surface area contributed by atoms with Gasteiger partial charge in [-0.05, 0) is 36.5 Å². The van der Waals surface area contributed by atoms with Crippen LogP contribution >= 0.6 is 0 Å². The number of nitrogens with one attached hydrogen (secondary N) is 2. The number of hydrogen-bond donors (Lipinski definition) is 3. The van der Waals surface area contributed by atoms with Crippen LogP contribution in [-0.4, -0.2) is 23.1 Å². The molecule has 4 nitrogen and oxygen atoms in total. The van der Waals surface area contributed by atoms with Crippen LogP contribution in [0.25, 0.3) is 0 Å². The number of hydrogen-bond acceptors (Lipinski definition) is 3. The fourth-order valence-corrected chi connectivity index (χ4v) is 2.81. The van der Waals surface area contributed by atoms with Crippen molar-refractivity contribution in [2.24, 2.45) is 5.92 Å². The molecule has 4 heteroatoms. The molecular formula is C17H26N2O2. The van der Waals surface area contributed by atoms with Crippen LogP contribution in [0, 0.1) is 5.92 Å². The molecule has 0 aromatic heterocycles. The standard InChI is InChI=1S/C17H26N2O2/c1-13(2)11-18-16(21)17(9-3-4-10-17)19-12-14-5-7-15(20)8-6-14/h5-8,13,19-20H,3-4,9-12H2,1-2H3,(H,18,21). The van der Waals surface area contributed by atoms with E-state index in [4.69, 9.17) is 0 Å². The molecule has 1 aliphatic rings.